The zero-order valence-electron chi connectivity index (χ0n) is 10.9. The van der Waals surface area contributed by atoms with E-state index in [1.807, 2.05) is 24.3 Å². The van der Waals surface area contributed by atoms with Crippen molar-refractivity contribution < 1.29 is 23.7 Å². The molecule has 0 amide bonds. The fourth-order valence-electron chi connectivity index (χ4n) is 1.75. The van der Waals surface area contributed by atoms with Crippen LogP contribution >= 0.6 is 7.82 Å². The Bertz CT molecular complexity index is 845. The smallest absolute Gasteiger partial charge is 0.452 e. The van der Waals surface area contributed by atoms with Gasteiger partial charge in [0.1, 0.15) is 11.2 Å². The molecule has 2 aliphatic rings. The molecule has 3 N–H and O–H groups in total. The summed E-state index contributed by atoms with van der Waals surface area (Å²) in [5.41, 5.74) is 2.80. The van der Waals surface area contributed by atoms with Crippen molar-refractivity contribution in [3.05, 3.63) is 52.2 Å². The Labute approximate surface area is 119 Å². The van der Waals surface area contributed by atoms with Crippen LogP contribution in [0.5, 0.6) is 0 Å². The number of nitrogens with zero attached hydrogens (tertiary/aromatic N) is 1. The molecule has 0 aromatic heterocycles. The Balaban J connectivity index is 0.000000282. The lowest BCUT2D eigenvalue weighted by Crippen LogP contribution is -2.06. The number of rotatable bonds is 0. The Morgan fingerprint density at radius 3 is 2.38 bits per heavy atom. The van der Waals surface area contributed by atoms with E-state index >= 15 is 0 Å². The van der Waals surface area contributed by atoms with Crippen LogP contribution in [0.15, 0.2) is 45.6 Å². The summed E-state index contributed by atoms with van der Waals surface area (Å²) in [6.45, 7) is 1.75. The van der Waals surface area contributed by atoms with Gasteiger partial charge in [0.2, 0.25) is 0 Å². The van der Waals surface area contributed by atoms with Gasteiger partial charge in [-0.3, -0.25) is 4.79 Å². The summed E-state index contributed by atoms with van der Waals surface area (Å²) in [4.78, 5) is 37.5. The number of hydrogen-bond acceptors (Lipinski definition) is 4. The van der Waals surface area contributed by atoms with Crippen molar-refractivity contribution in [2.75, 3.05) is 0 Å². The highest BCUT2D eigenvalue weighted by Gasteiger charge is 2.12. The Morgan fingerprint density at radius 1 is 1.10 bits per heavy atom. The molecule has 1 aromatic carbocycles. The van der Waals surface area contributed by atoms with Crippen LogP contribution in [0.25, 0.3) is 22.6 Å². The van der Waals surface area contributed by atoms with Crippen molar-refractivity contribution in [1.82, 2.24) is 4.98 Å². The summed E-state index contributed by atoms with van der Waals surface area (Å²) in [6, 6.07) is 10.7. The molecule has 1 heterocycles. The minimum absolute atomic E-state index is 0.0201. The van der Waals surface area contributed by atoms with Crippen molar-refractivity contribution in [2.24, 2.45) is 0 Å². The molecule has 21 heavy (non-hydrogen) atoms. The van der Waals surface area contributed by atoms with Gasteiger partial charge in [-0.2, -0.15) is 0 Å². The standard InChI is InChI=1S/C13H9NO2.H3O4P/c1-8-11(15)7-6-10-13(8)16-12-5-3-2-4-9(12)14-10;1-5(2,3)4/h2-7H,1H3;(H3,1,2,3,4). The van der Waals surface area contributed by atoms with Gasteiger partial charge in [-0.1, -0.05) is 12.1 Å². The highest BCUT2D eigenvalue weighted by molar-refractivity contribution is 7.45. The summed E-state index contributed by atoms with van der Waals surface area (Å²) in [5.74, 6) is 0.575. The summed E-state index contributed by atoms with van der Waals surface area (Å²) >= 11 is 0. The molecule has 0 bridgehead atoms. The molecule has 0 unspecified atom stereocenters. The van der Waals surface area contributed by atoms with Crippen molar-refractivity contribution in [3.63, 3.8) is 0 Å². The molecule has 1 aliphatic carbocycles. The van der Waals surface area contributed by atoms with Crippen LogP contribution in [0.4, 0.5) is 0 Å². The average molecular weight is 309 g/mol. The molecule has 0 atom stereocenters. The molecule has 7 nitrogen and oxygen atoms in total. The Kier molecular flexibility index (Phi) is 4.20. The van der Waals surface area contributed by atoms with Crippen LogP contribution in [0.1, 0.15) is 5.56 Å². The molecule has 0 saturated heterocycles. The first-order chi connectivity index (χ1) is 9.75. The fraction of sp³-hybridized carbons (Fsp3) is 0.0769. The number of para-hydroxylation sites is 2. The molecule has 1 aliphatic heterocycles. The third-order valence-electron chi connectivity index (χ3n) is 2.65. The predicted molar refractivity (Wildman–Crippen MR) is 75.9 cm³/mol. The molecule has 0 radical (unpaired) electrons. The van der Waals surface area contributed by atoms with Crippen LogP contribution < -0.4 is 5.43 Å². The molecular weight excluding hydrogens is 297 g/mol. The zero-order chi connectivity index (χ0) is 15.6. The predicted octanol–water partition coefficient (Wildman–Crippen LogP) is 1.67. The second kappa shape index (κ2) is 5.75. The minimum Gasteiger partial charge on any atom is -0.452 e. The van der Waals surface area contributed by atoms with Gasteiger partial charge < -0.3 is 19.1 Å². The van der Waals surface area contributed by atoms with E-state index in [1.165, 1.54) is 6.07 Å². The van der Waals surface area contributed by atoms with Crippen LogP contribution in [0.3, 0.4) is 0 Å². The van der Waals surface area contributed by atoms with E-state index < -0.39 is 7.82 Å². The molecule has 0 spiro atoms. The highest BCUT2D eigenvalue weighted by atomic mass is 31.2. The van der Waals surface area contributed by atoms with E-state index in [9.17, 15) is 4.79 Å². The molecule has 3 rings (SSSR count). The maximum absolute atomic E-state index is 11.5. The Hall–Kier alpha value is -2.05. The topological polar surface area (TPSA) is 121 Å². The first-order valence-corrected chi connectivity index (χ1v) is 7.40. The lowest BCUT2D eigenvalue weighted by molar-refractivity contribution is 0.275. The van der Waals surface area contributed by atoms with Crippen LogP contribution in [0.2, 0.25) is 0 Å². The van der Waals surface area contributed by atoms with Crippen molar-refractivity contribution in [3.8, 4) is 11.5 Å². The third-order valence-corrected chi connectivity index (χ3v) is 2.65. The van der Waals surface area contributed by atoms with Crippen LogP contribution in [0, 0.1) is 6.92 Å². The average Bonchev–Trinajstić information content (AvgIpc) is 2.40. The van der Waals surface area contributed by atoms with E-state index in [0.717, 1.165) is 11.2 Å². The minimum atomic E-state index is -4.64. The summed E-state index contributed by atoms with van der Waals surface area (Å²) in [5, 5.41) is 0. The van der Waals surface area contributed by atoms with Gasteiger partial charge >= 0.3 is 7.82 Å². The first kappa shape index (κ1) is 15.3. The van der Waals surface area contributed by atoms with Crippen molar-refractivity contribution in [2.45, 2.75) is 6.92 Å². The van der Waals surface area contributed by atoms with Gasteiger partial charge in [0, 0.05) is 5.56 Å². The number of aromatic nitrogens is 1. The van der Waals surface area contributed by atoms with E-state index in [1.54, 1.807) is 13.0 Å². The molecule has 0 fully saturated rings. The molecule has 1 aromatic rings. The number of fused-ring (bicyclic) bond motifs is 2. The van der Waals surface area contributed by atoms with E-state index in [-0.39, 0.29) is 5.43 Å². The van der Waals surface area contributed by atoms with E-state index in [2.05, 4.69) is 4.98 Å². The Morgan fingerprint density at radius 2 is 1.71 bits per heavy atom. The summed E-state index contributed by atoms with van der Waals surface area (Å²) in [6.07, 6.45) is 0. The van der Waals surface area contributed by atoms with Gasteiger partial charge in [0.15, 0.2) is 16.8 Å². The fourth-order valence-corrected chi connectivity index (χ4v) is 1.75. The maximum Gasteiger partial charge on any atom is 0.466 e. The molecule has 8 heteroatoms. The van der Waals surface area contributed by atoms with Gasteiger partial charge in [-0.25, -0.2) is 9.55 Å². The number of phosphoric acid groups is 1. The second-order valence-electron chi connectivity index (χ2n) is 4.23. The van der Waals surface area contributed by atoms with Gasteiger partial charge in [0.05, 0.1) is 0 Å². The van der Waals surface area contributed by atoms with Gasteiger partial charge in [-0.05, 0) is 31.2 Å². The molecule has 0 saturated carbocycles. The summed E-state index contributed by atoms with van der Waals surface area (Å²) in [7, 11) is -4.64. The maximum atomic E-state index is 11.5. The first-order valence-electron chi connectivity index (χ1n) is 5.83. The van der Waals surface area contributed by atoms with Crippen LogP contribution in [-0.2, 0) is 4.57 Å². The molecular formula is C13H12NO6P. The largest absolute Gasteiger partial charge is 0.466 e. The third kappa shape index (κ3) is 3.96. The van der Waals surface area contributed by atoms with Crippen molar-refractivity contribution >= 4 is 18.9 Å². The lowest BCUT2D eigenvalue weighted by Gasteiger charge is -2.07. The quantitative estimate of drug-likeness (QED) is 0.426. The SMILES string of the molecule is Cc1c2oc3ccccc3nc-2ccc1=O.O=P(O)(O)O. The second-order valence-corrected chi connectivity index (χ2v) is 5.26. The van der Waals surface area contributed by atoms with Crippen molar-refractivity contribution in [1.29, 1.82) is 0 Å². The van der Waals surface area contributed by atoms with Gasteiger partial charge in [0.25, 0.3) is 0 Å². The van der Waals surface area contributed by atoms with E-state index in [4.69, 9.17) is 23.7 Å². The monoisotopic (exact) mass is 309 g/mol. The number of benzene rings is 2. The lowest BCUT2D eigenvalue weighted by atomic mass is 10.1. The molecule has 110 valence electrons. The van der Waals surface area contributed by atoms with E-state index in [0.29, 0.717) is 16.9 Å². The highest BCUT2D eigenvalue weighted by Crippen LogP contribution is 2.26. The zero-order valence-corrected chi connectivity index (χ0v) is 11.8. The normalized spacial score (nSPS) is 11.2. The van der Waals surface area contributed by atoms with Crippen LogP contribution in [-0.4, -0.2) is 19.7 Å². The number of hydrogen-bond donors (Lipinski definition) is 3. The van der Waals surface area contributed by atoms with Gasteiger partial charge in [-0.15, -0.1) is 0 Å². The summed E-state index contributed by atoms with van der Waals surface area (Å²) < 4.78 is 14.6.